The van der Waals surface area contributed by atoms with E-state index in [0.29, 0.717) is 11.4 Å². The zero-order valence-corrected chi connectivity index (χ0v) is 9.15. The van der Waals surface area contributed by atoms with Crippen LogP contribution in [0.25, 0.3) is 0 Å². The molecule has 0 fully saturated rings. The average Bonchev–Trinajstić information content (AvgIpc) is 2.70. The molecule has 2 N–H and O–H groups in total. The molecule has 0 spiro atoms. The van der Waals surface area contributed by atoms with Crippen molar-refractivity contribution in [3.05, 3.63) is 40.8 Å². The third-order valence-electron chi connectivity index (χ3n) is 1.72. The van der Waals surface area contributed by atoms with Crippen molar-refractivity contribution in [2.45, 2.75) is 0 Å². The number of pyridine rings is 1. The van der Waals surface area contributed by atoms with E-state index >= 15 is 0 Å². The first-order valence-corrected chi connectivity index (χ1v) is 4.97. The summed E-state index contributed by atoms with van der Waals surface area (Å²) in [6, 6.07) is 3.51. The summed E-state index contributed by atoms with van der Waals surface area (Å²) in [4.78, 5) is 15.6. The van der Waals surface area contributed by atoms with E-state index in [9.17, 15) is 4.79 Å². The minimum atomic E-state index is -0.241. The molecule has 15 heavy (non-hydrogen) atoms. The van der Waals surface area contributed by atoms with Gasteiger partial charge in [0.05, 0.1) is 11.8 Å². The lowest BCUT2D eigenvalue weighted by molar-refractivity contribution is 0.102. The van der Waals surface area contributed by atoms with Crippen molar-refractivity contribution in [2.24, 2.45) is 0 Å². The molecule has 0 aliphatic rings. The topological polar surface area (TPSA) is 70.7 Å². The van der Waals surface area contributed by atoms with E-state index < -0.39 is 0 Å². The third kappa shape index (κ3) is 2.41. The number of amides is 1. The highest BCUT2D eigenvalue weighted by Gasteiger charge is 2.07. The van der Waals surface area contributed by atoms with Crippen molar-refractivity contribution in [1.29, 1.82) is 0 Å². The van der Waals surface area contributed by atoms with Gasteiger partial charge in [0.2, 0.25) is 0 Å². The average molecular weight is 267 g/mol. The maximum atomic E-state index is 11.6. The van der Waals surface area contributed by atoms with E-state index in [4.69, 9.17) is 0 Å². The summed E-state index contributed by atoms with van der Waals surface area (Å²) in [6.45, 7) is 0. The molecule has 0 unspecified atom stereocenters. The molecule has 0 saturated carbocycles. The number of anilines is 1. The Morgan fingerprint density at radius 3 is 3.07 bits per heavy atom. The first-order chi connectivity index (χ1) is 7.25. The summed E-state index contributed by atoms with van der Waals surface area (Å²) < 4.78 is 0.861. The number of carbonyl (C=O) groups is 1. The lowest BCUT2D eigenvalue weighted by atomic mass is 10.3. The number of nitrogens with zero attached hydrogens (tertiary/aromatic N) is 2. The monoisotopic (exact) mass is 266 g/mol. The van der Waals surface area contributed by atoms with Crippen molar-refractivity contribution in [3.8, 4) is 0 Å². The SMILES string of the molecule is O=C(Nc1cc(Br)ccn1)c1cn[nH]c1. The molecule has 2 aromatic rings. The summed E-state index contributed by atoms with van der Waals surface area (Å²) in [7, 11) is 0. The van der Waals surface area contributed by atoms with Crippen molar-refractivity contribution >= 4 is 27.7 Å². The number of nitrogens with one attached hydrogen (secondary N) is 2. The van der Waals surface area contributed by atoms with Gasteiger partial charge >= 0.3 is 0 Å². The predicted octanol–water partition coefficient (Wildman–Crippen LogP) is 1.82. The van der Waals surface area contributed by atoms with Crippen molar-refractivity contribution in [3.63, 3.8) is 0 Å². The molecule has 0 aliphatic carbocycles. The van der Waals surface area contributed by atoms with E-state index in [1.807, 2.05) is 0 Å². The van der Waals surface area contributed by atoms with Gasteiger partial charge < -0.3 is 5.32 Å². The van der Waals surface area contributed by atoms with Crippen LogP contribution in [0.5, 0.6) is 0 Å². The van der Waals surface area contributed by atoms with Gasteiger partial charge in [-0.25, -0.2) is 4.98 Å². The molecule has 0 saturated heterocycles. The van der Waals surface area contributed by atoms with E-state index in [1.54, 1.807) is 18.3 Å². The van der Waals surface area contributed by atoms with E-state index in [0.717, 1.165) is 4.47 Å². The predicted molar refractivity (Wildman–Crippen MR) is 58.5 cm³/mol. The van der Waals surface area contributed by atoms with E-state index in [1.165, 1.54) is 12.4 Å². The van der Waals surface area contributed by atoms with Crippen molar-refractivity contribution in [1.82, 2.24) is 15.2 Å². The van der Waals surface area contributed by atoms with Crippen LogP contribution in [0.1, 0.15) is 10.4 Å². The van der Waals surface area contributed by atoms with Gasteiger partial charge in [0, 0.05) is 16.9 Å². The Labute approximate surface area is 94.0 Å². The number of hydrogen-bond acceptors (Lipinski definition) is 3. The van der Waals surface area contributed by atoms with Gasteiger partial charge in [0.1, 0.15) is 5.82 Å². The van der Waals surface area contributed by atoms with E-state index in [-0.39, 0.29) is 5.91 Å². The zero-order chi connectivity index (χ0) is 10.7. The molecular formula is C9H7BrN4O. The molecule has 0 atom stereocenters. The summed E-state index contributed by atoms with van der Waals surface area (Å²) in [5.74, 6) is 0.255. The number of halogens is 1. The molecule has 1 amide bonds. The fraction of sp³-hybridized carbons (Fsp3) is 0. The van der Waals surface area contributed by atoms with E-state index in [2.05, 4.69) is 36.4 Å². The minimum Gasteiger partial charge on any atom is -0.306 e. The fourth-order valence-electron chi connectivity index (χ4n) is 1.04. The molecule has 0 bridgehead atoms. The smallest absolute Gasteiger partial charge is 0.259 e. The number of carbonyl (C=O) groups excluding carboxylic acids is 1. The van der Waals surface area contributed by atoms with Crippen LogP contribution in [0, 0.1) is 0 Å². The first kappa shape index (κ1) is 9.85. The second-order valence-corrected chi connectivity index (χ2v) is 3.72. The Morgan fingerprint density at radius 1 is 1.53 bits per heavy atom. The van der Waals surface area contributed by atoms with Gasteiger partial charge in [-0.15, -0.1) is 0 Å². The van der Waals surface area contributed by atoms with Gasteiger partial charge in [-0.3, -0.25) is 9.89 Å². The second-order valence-electron chi connectivity index (χ2n) is 2.80. The molecule has 2 aromatic heterocycles. The van der Waals surface area contributed by atoms with Crippen molar-refractivity contribution < 1.29 is 4.79 Å². The van der Waals surface area contributed by atoms with Gasteiger partial charge in [-0.05, 0) is 12.1 Å². The van der Waals surface area contributed by atoms with Crippen LogP contribution < -0.4 is 5.32 Å². The summed E-state index contributed by atoms with van der Waals surface area (Å²) in [5.41, 5.74) is 0.469. The molecule has 6 heteroatoms. The maximum Gasteiger partial charge on any atom is 0.259 e. The van der Waals surface area contributed by atoms with Crippen LogP contribution in [0.4, 0.5) is 5.82 Å². The molecule has 0 radical (unpaired) electrons. The highest BCUT2D eigenvalue weighted by molar-refractivity contribution is 9.10. The summed E-state index contributed by atoms with van der Waals surface area (Å²) >= 11 is 3.29. The number of H-pyrrole nitrogens is 1. The highest BCUT2D eigenvalue weighted by atomic mass is 79.9. The van der Waals surface area contributed by atoms with Crippen LogP contribution in [0.3, 0.4) is 0 Å². The zero-order valence-electron chi connectivity index (χ0n) is 7.57. The molecule has 76 valence electrons. The van der Waals surface area contributed by atoms with Gasteiger partial charge in [-0.1, -0.05) is 15.9 Å². The molecule has 5 nitrogen and oxygen atoms in total. The fourth-order valence-corrected chi connectivity index (χ4v) is 1.37. The summed E-state index contributed by atoms with van der Waals surface area (Å²) in [6.07, 6.45) is 4.58. The van der Waals surface area contributed by atoms with Gasteiger partial charge in [-0.2, -0.15) is 5.10 Å². The molecule has 2 heterocycles. The largest absolute Gasteiger partial charge is 0.306 e. The standard InChI is InChI=1S/C9H7BrN4O/c10-7-1-2-11-8(3-7)14-9(15)6-4-12-13-5-6/h1-5H,(H,12,13)(H,11,14,15). The van der Waals surface area contributed by atoms with Crippen molar-refractivity contribution in [2.75, 3.05) is 5.32 Å². The van der Waals surface area contributed by atoms with Gasteiger partial charge in [0.15, 0.2) is 0 Å². The maximum absolute atomic E-state index is 11.6. The van der Waals surface area contributed by atoms with Crippen LogP contribution in [-0.4, -0.2) is 21.1 Å². The Morgan fingerprint density at radius 2 is 2.40 bits per heavy atom. The Bertz CT molecular complexity index is 469. The molecule has 0 aliphatic heterocycles. The quantitative estimate of drug-likeness (QED) is 0.871. The van der Waals surface area contributed by atoms with Crippen LogP contribution >= 0.6 is 15.9 Å². The second kappa shape index (κ2) is 4.22. The number of aromatic nitrogens is 3. The van der Waals surface area contributed by atoms with Crippen LogP contribution in [0.2, 0.25) is 0 Å². The Hall–Kier alpha value is -1.69. The van der Waals surface area contributed by atoms with Crippen LogP contribution in [0.15, 0.2) is 35.2 Å². The molecule has 2 rings (SSSR count). The number of rotatable bonds is 2. The highest BCUT2D eigenvalue weighted by Crippen LogP contribution is 2.13. The molecular weight excluding hydrogens is 260 g/mol. The lowest BCUT2D eigenvalue weighted by Gasteiger charge is -2.01. The Balaban J connectivity index is 2.13. The number of hydrogen-bond donors (Lipinski definition) is 2. The lowest BCUT2D eigenvalue weighted by Crippen LogP contribution is -2.11. The van der Waals surface area contributed by atoms with Crippen LogP contribution in [-0.2, 0) is 0 Å². The first-order valence-electron chi connectivity index (χ1n) is 4.17. The Kier molecular flexibility index (Phi) is 2.77. The minimum absolute atomic E-state index is 0.241. The number of aromatic amines is 1. The third-order valence-corrected chi connectivity index (χ3v) is 2.22. The van der Waals surface area contributed by atoms with Gasteiger partial charge in [0.25, 0.3) is 5.91 Å². The normalized spacial score (nSPS) is 9.93. The molecule has 0 aromatic carbocycles. The summed E-state index contributed by atoms with van der Waals surface area (Å²) in [5, 5.41) is 8.90.